The Balaban J connectivity index is 1.94. The van der Waals surface area contributed by atoms with Gasteiger partial charge in [-0.25, -0.2) is 0 Å². The SMILES string of the molecule is Cc1nn(C)c(CC(=O)CC2COCCN2)c1Cl. The largest absolute Gasteiger partial charge is 0.379 e. The molecule has 0 radical (unpaired) electrons. The Hall–Kier alpha value is -0.910. The van der Waals surface area contributed by atoms with Gasteiger partial charge >= 0.3 is 0 Å². The van der Waals surface area contributed by atoms with Gasteiger partial charge in [0, 0.05) is 32.5 Å². The van der Waals surface area contributed by atoms with Crippen molar-refractivity contribution in [2.45, 2.75) is 25.8 Å². The molecule has 1 unspecified atom stereocenters. The molecule has 1 aliphatic heterocycles. The summed E-state index contributed by atoms with van der Waals surface area (Å²) in [4.78, 5) is 12.0. The van der Waals surface area contributed by atoms with Crippen LogP contribution in [0, 0.1) is 6.92 Å². The summed E-state index contributed by atoms with van der Waals surface area (Å²) in [5, 5.41) is 8.07. The molecule has 1 aliphatic rings. The van der Waals surface area contributed by atoms with Gasteiger partial charge in [-0.05, 0) is 6.92 Å². The fourth-order valence-corrected chi connectivity index (χ4v) is 2.38. The Labute approximate surface area is 111 Å². The maximum atomic E-state index is 12.0. The summed E-state index contributed by atoms with van der Waals surface area (Å²) >= 11 is 6.13. The zero-order valence-electron chi connectivity index (χ0n) is 10.7. The van der Waals surface area contributed by atoms with Crippen LogP contribution in [0.2, 0.25) is 5.02 Å². The molecule has 1 aromatic heterocycles. The van der Waals surface area contributed by atoms with Crippen molar-refractivity contribution in [3.63, 3.8) is 0 Å². The number of hydrogen-bond donors (Lipinski definition) is 1. The number of nitrogens with zero attached hydrogens (tertiary/aromatic N) is 2. The number of ether oxygens (including phenoxy) is 1. The average molecular weight is 272 g/mol. The molecular formula is C12H18ClN3O2. The predicted molar refractivity (Wildman–Crippen MR) is 68.9 cm³/mol. The summed E-state index contributed by atoms with van der Waals surface area (Å²) < 4.78 is 7.01. The number of nitrogens with one attached hydrogen (secondary N) is 1. The maximum absolute atomic E-state index is 12.0. The zero-order valence-corrected chi connectivity index (χ0v) is 11.5. The summed E-state index contributed by atoms with van der Waals surface area (Å²) in [6.45, 7) is 3.97. The quantitative estimate of drug-likeness (QED) is 0.883. The summed E-state index contributed by atoms with van der Waals surface area (Å²) in [6, 6.07) is 0.124. The van der Waals surface area contributed by atoms with Gasteiger partial charge in [-0.15, -0.1) is 0 Å². The highest BCUT2D eigenvalue weighted by Crippen LogP contribution is 2.20. The topological polar surface area (TPSA) is 56.2 Å². The number of aromatic nitrogens is 2. The van der Waals surface area contributed by atoms with E-state index in [0.717, 1.165) is 24.5 Å². The highest BCUT2D eigenvalue weighted by Gasteiger charge is 2.20. The number of rotatable bonds is 4. The molecular weight excluding hydrogens is 254 g/mol. The number of morpholine rings is 1. The van der Waals surface area contributed by atoms with Gasteiger partial charge in [0.1, 0.15) is 5.78 Å². The third-order valence-electron chi connectivity index (χ3n) is 3.10. The van der Waals surface area contributed by atoms with E-state index in [1.54, 1.807) is 4.68 Å². The van der Waals surface area contributed by atoms with Crippen molar-refractivity contribution < 1.29 is 9.53 Å². The van der Waals surface area contributed by atoms with Crippen molar-refractivity contribution >= 4 is 17.4 Å². The summed E-state index contributed by atoms with van der Waals surface area (Å²) in [7, 11) is 1.81. The lowest BCUT2D eigenvalue weighted by Gasteiger charge is -2.23. The van der Waals surface area contributed by atoms with Crippen LogP contribution in [0.25, 0.3) is 0 Å². The first-order valence-electron chi connectivity index (χ1n) is 6.08. The van der Waals surface area contributed by atoms with Gasteiger partial charge in [0.15, 0.2) is 0 Å². The molecule has 0 bridgehead atoms. The Kier molecular flexibility index (Phi) is 4.37. The number of Topliss-reactive ketones (excluding diaryl/α,β-unsaturated/α-hetero) is 1. The van der Waals surface area contributed by atoms with Crippen molar-refractivity contribution in [1.29, 1.82) is 0 Å². The molecule has 1 N–H and O–H groups in total. The summed E-state index contributed by atoms with van der Waals surface area (Å²) in [5.41, 5.74) is 1.55. The van der Waals surface area contributed by atoms with Crippen molar-refractivity contribution in [2.75, 3.05) is 19.8 Å². The van der Waals surface area contributed by atoms with Crippen molar-refractivity contribution in [2.24, 2.45) is 7.05 Å². The van der Waals surface area contributed by atoms with Gasteiger partial charge < -0.3 is 10.1 Å². The highest BCUT2D eigenvalue weighted by molar-refractivity contribution is 6.32. The average Bonchev–Trinajstić information content (AvgIpc) is 2.57. The zero-order chi connectivity index (χ0) is 13.1. The van der Waals surface area contributed by atoms with Crippen LogP contribution in [0.4, 0.5) is 0 Å². The third-order valence-corrected chi connectivity index (χ3v) is 3.59. The first-order valence-corrected chi connectivity index (χ1v) is 6.46. The smallest absolute Gasteiger partial charge is 0.140 e. The second-order valence-corrected chi connectivity index (χ2v) is 4.99. The van der Waals surface area contributed by atoms with Crippen LogP contribution < -0.4 is 5.32 Å². The lowest BCUT2D eigenvalue weighted by molar-refractivity contribution is -0.119. The number of hydrogen-bond acceptors (Lipinski definition) is 4. The van der Waals surface area contributed by atoms with Crippen molar-refractivity contribution in [3.8, 4) is 0 Å². The fraction of sp³-hybridized carbons (Fsp3) is 0.667. The predicted octanol–water partition coefficient (Wildman–Crippen LogP) is 0.872. The molecule has 0 aliphatic carbocycles. The normalized spacial score (nSPS) is 20.1. The van der Waals surface area contributed by atoms with Gasteiger partial charge in [0.05, 0.1) is 29.6 Å². The monoisotopic (exact) mass is 271 g/mol. The standard InChI is InChI=1S/C12H18ClN3O2/c1-8-12(13)11(16(2)15-8)6-10(17)5-9-7-18-4-3-14-9/h9,14H,3-7H2,1-2H3. The molecule has 1 atom stereocenters. The van der Waals surface area contributed by atoms with E-state index in [4.69, 9.17) is 16.3 Å². The Bertz CT molecular complexity index is 439. The number of halogens is 1. The van der Waals surface area contributed by atoms with E-state index in [1.807, 2.05) is 14.0 Å². The molecule has 0 saturated carbocycles. The fourth-order valence-electron chi connectivity index (χ4n) is 2.16. The molecule has 5 nitrogen and oxygen atoms in total. The van der Waals surface area contributed by atoms with Crippen LogP contribution in [-0.2, 0) is 23.0 Å². The second kappa shape index (κ2) is 5.82. The van der Waals surface area contributed by atoms with Crippen LogP contribution in [0.5, 0.6) is 0 Å². The molecule has 6 heteroatoms. The number of aryl methyl sites for hydroxylation is 2. The van der Waals surface area contributed by atoms with Gasteiger partial charge in [0.2, 0.25) is 0 Å². The lowest BCUT2D eigenvalue weighted by atomic mass is 10.1. The minimum atomic E-state index is 0.124. The molecule has 100 valence electrons. The Morgan fingerprint density at radius 1 is 1.67 bits per heavy atom. The first-order chi connectivity index (χ1) is 8.58. The highest BCUT2D eigenvalue weighted by atomic mass is 35.5. The van der Waals surface area contributed by atoms with Crippen LogP contribution in [-0.4, -0.2) is 41.4 Å². The maximum Gasteiger partial charge on any atom is 0.140 e. The molecule has 1 aromatic rings. The second-order valence-electron chi connectivity index (χ2n) is 4.62. The van der Waals surface area contributed by atoms with E-state index in [1.165, 1.54) is 0 Å². The lowest BCUT2D eigenvalue weighted by Crippen LogP contribution is -2.42. The Morgan fingerprint density at radius 3 is 3.00 bits per heavy atom. The van der Waals surface area contributed by atoms with Crippen LogP contribution in [0.1, 0.15) is 17.8 Å². The minimum absolute atomic E-state index is 0.124. The van der Waals surface area contributed by atoms with Crippen LogP contribution >= 0.6 is 11.6 Å². The van der Waals surface area contributed by atoms with E-state index in [-0.39, 0.29) is 11.8 Å². The minimum Gasteiger partial charge on any atom is -0.379 e. The van der Waals surface area contributed by atoms with E-state index < -0.39 is 0 Å². The molecule has 2 heterocycles. The van der Waals surface area contributed by atoms with Crippen LogP contribution in [0.15, 0.2) is 0 Å². The Morgan fingerprint density at radius 2 is 2.44 bits per heavy atom. The number of ketones is 1. The first kappa shape index (κ1) is 13.5. The molecule has 1 saturated heterocycles. The van der Waals surface area contributed by atoms with Crippen molar-refractivity contribution in [1.82, 2.24) is 15.1 Å². The summed E-state index contributed by atoms with van der Waals surface area (Å²) in [5.74, 6) is 0.155. The van der Waals surface area contributed by atoms with Crippen LogP contribution in [0.3, 0.4) is 0 Å². The van der Waals surface area contributed by atoms with E-state index in [9.17, 15) is 4.79 Å². The van der Waals surface area contributed by atoms with Gasteiger partial charge in [-0.2, -0.15) is 5.10 Å². The van der Waals surface area contributed by atoms with Gasteiger partial charge in [0.25, 0.3) is 0 Å². The van der Waals surface area contributed by atoms with E-state index >= 15 is 0 Å². The molecule has 0 amide bonds. The summed E-state index contributed by atoms with van der Waals surface area (Å²) in [6.07, 6.45) is 0.801. The molecule has 0 aromatic carbocycles. The van der Waals surface area contributed by atoms with Crippen molar-refractivity contribution in [3.05, 3.63) is 16.4 Å². The number of carbonyl (C=O) groups excluding carboxylic acids is 1. The number of carbonyl (C=O) groups is 1. The third kappa shape index (κ3) is 3.10. The van der Waals surface area contributed by atoms with Gasteiger partial charge in [-0.1, -0.05) is 11.6 Å². The molecule has 2 rings (SSSR count). The van der Waals surface area contributed by atoms with E-state index in [2.05, 4.69) is 10.4 Å². The molecule has 1 fully saturated rings. The molecule has 0 spiro atoms. The van der Waals surface area contributed by atoms with Gasteiger partial charge in [-0.3, -0.25) is 9.48 Å². The van der Waals surface area contributed by atoms with E-state index in [0.29, 0.717) is 24.5 Å². The molecule has 18 heavy (non-hydrogen) atoms.